The Morgan fingerprint density at radius 2 is 1.95 bits per heavy atom. The molecule has 2 fully saturated rings. The first kappa shape index (κ1) is 26.6. The SMILES string of the molecule is C=C1c2[nH]ccc2C(c2ccc3nc(N4CCO[C@H](CO)C4)nc(N4CCOC[C@@H]4c4ccc(F)cc4)c3c2)=CN1C. The van der Waals surface area contributed by atoms with Gasteiger partial charge in [0.1, 0.15) is 11.6 Å². The average Bonchev–Trinajstić information content (AvgIpc) is 3.53. The molecule has 4 aromatic rings. The van der Waals surface area contributed by atoms with Gasteiger partial charge in [0.15, 0.2) is 0 Å². The van der Waals surface area contributed by atoms with Crippen LogP contribution in [0.3, 0.4) is 0 Å². The zero-order valence-electron chi connectivity index (χ0n) is 23.5. The molecule has 3 aliphatic rings. The van der Waals surface area contributed by atoms with E-state index in [-0.39, 0.29) is 24.6 Å². The molecule has 9 nitrogen and oxygen atoms in total. The quantitative estimate of drug-likeness (QED) is 0.371. The number of aromatic nitrogens is 3. The van der Waals surface area contributed by atoms with Crippen LogP contribution < -0.4 is 9.80 Å². The maximum Gasteiger partial charge on any atom is 0.228 e. The van der Waals surface area contributed by atoms with Crippen LogP contribution >= 0.6 is 0 Å². The number of benzene rings is 2. The second-order valence-electron chi connectivity index (χ2n) is 10.9. The summed E-state index contributed by atoms with van der Waals surface area (Å²) in [5.74, 6) is 1.12. The van der Waals surface area contributed by atoms with Crippen molar-refractivity contribution in [2.75, 3.05) is 62.9 Å². The van der Waals surface area contributed by atoms with Crippen molar-refractivity contribution < 1.29 is 19.0 Å². The third-order valence-electron chi connectivity index (χ3n) is 8.33. The van der Waals surface area contributed by atoms with E-state index in [4.69, 9.17) is 19.4 Å². The van der Waals surface area contributed by atoms with E-state index in [0.29, 0.717) is 45.4 Å². The summed E-state index contributed by atoms with van der Waals surface area (Å²) in [6.45, 7) is 7.41. The Labute approximate surface area is 243 Å². The van der Waals surface area contributed by atoms with Crippen molar-refractivity contribution in [2.45, 2.75) is 12.1 Å². The Hall–Kier alpha value is -4.25. The maximum absolute atomic E-state index is 13.8. The fourth-order valence-electron chi connectivity index (χ4n) is 6.04. The largest absolute Gasteiger partial charge is 0.394 e. The molecule has 2 atom stereocenters. The number of hydrogen-bond donors (Lipinski definition) is 2. The molecule has 0 aliphatic carbocycles. The number of fused-ring (bicyclic) bond motifs is 2. The Morgan fingerprint density at radius 3 is 2.79 bits per heavy atom. The summed E-state index contributed by atoms with van der Waals surface area (Å²) in [6, 6.07) is 14.8. The monoisotopic (exact) mass is 568 g/mol. The summed E-state index contributed by atoms with van der Waals surface area (Å²) in [7, 11) is 2.00. The highest BCUT2D eigenvalue weighted by atomic mass is 19.1. The van der Waals surface area contributed by atoms with Crippen molar-refractivity contribution >= 4 is 33.9 Å². The molecule has 7 rings (SSSR count). The van der Waals surface area contributed by atoms with E-state index < -0.39 is 0 Å². The van der Waals surface area contributed by atoms with Gasteiger partial charge in [-0.3, -0.25) is 0 Å². The smallest absolute Gasteiger partial charge is 0.228 e. The first-order valence-electron chi connectivity index (χ1n) is 14.2. The highest BCUT2D eigenvalue weighted by molar-refractivity contribution is 5.97. The number of H-pyrrole nitrogens is 1. The minimum Gasteiger partial charge on any atom is -0.394 e. The molecule has 2 saturated heterocycles. The minimum atomic E-state index is -0.292. The van der Waals surface area contributed by atoms with Gasteiger partial charge in [-0.15, -0.1) is 0 Å². The van der Waals surface area contributed by atoms with Crippen molar-refractivity contribution in [1.82, 2.24) is 19.9 Å². The summed E-state index contributed by atoms with van der Waals surface area (Å²) < 4.78 is 25.5. The molecular formula is C32H33FN6O3. The second kappa shape index (κ2) is 10.9. The van der Waals surface area contributed by atoms with Crippen molar-refractivity contribution in [2.24, 2.45) is 0 Å². The molecule has 5 heterocycles. The molecule has 0 saturated carbocycles. The van der Waals surface area contributed by atoms with E-state index in [2.05, 4.69) is 45.8 Å². The molecule has 2 N–H and O–H groups in total. The van der Waals surface area contributed by atoms with E-state index in [1.165, 1.54) is 12.1 Å². The Bertz CT molecular complexity index is 1670. The van der Waals surface area contributed by atoms with E-state index in [1.807, 2.05) is 36.3 Å². The van der Waals surface area contributed by atoms with Gasteiger partial charge < -0.3 is 34.3 Å². The fraction of sp³-hybridized carbons (Fsp3) is 0.312. The number of hydrogen-bond acceptors (Lipinski definition) is 8. The molecule has 42 heavy (non-hydrogen) atoms. The van der Waals surface area contributed by atoms with Crippen molar-refractivity contribution in [3.05, 3.63) is 95.7 Å². The van der Waals surface area contributed by atoms with E-state index >= 15 is 0 Å². The van der Waals surface area contributed by atoms with Crippen molar-refractivity contribution in [3.8, 4) is 0 Å². The first-order valence-corrected chi connectivity index (χ1v) is 14.2. The normalized spacial score (nSPS) is 21.1. The number of aliphatic hydroxyl groups excluding tert-OH is 1. The maximum atomic E-state index is 13.8. The fourth-order valence-corrected chi connectivity index (χ4v) is 6.04. The zero-order valence-corrected chi connectivity index (χ0v) is 23.5. The molecule has 10 heteroatoms. The number of rotatable bonds is 5. The second-order valence-corrected chi connectivity index (χ2v) is 10.9. The molecule has 0 amide bonds. The summed E-state index contributed by atoms with van der Waals surface area (Å²) in [5, 5.41) is 10.7. The predicted octanol–water partition coefficient (Wildman–Crippen LogP) is 4.18. The highest BCUT2D eigenvalue weighted by Crippen LogP contribution is 2.39. The van der Waals surface area contributed by atoms with Gasteiger partial charge in [-0.25, -0.2) is 9.37 Å². The number of aliphatic hydroxyl groups is 1. The van der Waals surface area contributed by atoms with Crippen LogP contribution in [0.25, 0.3) is 22.2 Å². The lowest BCUT2D eigenvalue weighted by atomic mass is 9.94. The van der Waals surface area contributed by atoms with E-state index in [0.717, 1.165) is 50.4 Å². The van der Waals surface area contributed by atoms with Crippen LogP contribution in [0.15, 0.2) is 67.5 Å². The first-order chi connectivity index (χ1) is 20.5. The number of ether oxygens (including phenoxy) is 2. The number of morpholine rings is 2. The number of aromatic amines is 1. The van der Waals surface area contributed by atoms with Crippen LogP contribution in [0.1, 0.15) is 28.4 Å². The average molecular weight is 569 g/mol. The van der Waals surface area contributed by atoms with E-state index in [9.17, 15) is 9.50 Å². The summed E-state index contributed by atoms with van der Waals surface area (Å²) in [6.07, 6.45) is 3.75. The lowest BCUT2D eigenvalue weighted by Gasteiger charge is -2.38. The summed E-state index contributed by atoms with van der Waals surface area (Å²) >= 11 is 0. The molecule has 216 valence electrons. The summed E-state index contributed by atoms with van der Waals surface area (Å²) in [4.78, 5) is 19.9. The molecule has 0 unspecified atom stereocenters. The van der Waals surface area contributed by atoms with Crippen LogP contribution in [0.2, 0.25) is 0 Å². The zero-order chi connectivity index (χ0) is 28.8. The number of nitrogens with zero attached hydrogens (tertiary/aromatic N) is 5. The molecule has 2 aromatic carbocycles. The standard InChI is InChI=1S/C32H33FN6O3/c1-20-30-25(9-10-34-30)27(17-37(20)2)22-5-8-28-26(15-22)31(36-32(35-28)38-11-14-42-24(16-38)18-40)39-12-13-41-19-29(39)21-3-6-23(33)7-4-21/h3-10,15,17,24,29,34,40H,1,11-14,16,18-19H2,2H3/t24-,29+/m0/s1. The van der Waals surface area contributed by atoms with Gasteiger partial charge in [-0.2, -0.15) is 4.98 Å². The van der Waals surface area contributed by atoms with Gasteiger partial charge in [0.05, 0.1) is 55.5 Å². The van der Waals surface area contributed by atoms with Crippen LogP contribution in [0, 0.1) is 5.82 Å². The summed E-state index contributed by atoms with van der Waals surface area (Å²) in [5.41, 5.74) is 6.90. The molecule has 0 radical (unpaired) electrons. The van der Waals surface area contributed by atoms with Gasteiger partial charge >= 0.3 is 0 Å². The van der Waals surface area contributed by atoms with Crippen molar-refractivity contribution in [1.29, 1.82) is 0 Å². The van der Waals surface area contributed by atoms with Crippen LogP contribution in [0.4, 0.5) is 16.2 Å². The molecular weight excluding hydrogens is 535 g/mol. The third kappa shape index (κ3) is 4.71. The number of halogens is 1. The van der Waals surface area contributed by atoms with Crippen LogP contribution in [0.5, 0.6) is 0 Å². The van der Waals surface area contributed by atoms with Gasteiger partial charge in [0.25, 0.3) is 0 Å². The number of nitrogens with one attached hydrogen (secondary N) is 1. The minimum absolute atomic E-state index is 0.0620. The van der Waals surface area contributed by atoms with Crippen LogP contribution in [-0.4, -0.2) is 84.2 Å². The number of anilines is 2. The topological polar surface area (TPSA) is 90.0 Å². The molecule has 3 aliphatic heterocycles. The Balaban J connectivity index is 1.38. The Morgan fingerprint density at radius 1 is 1.10 bits per heavy atom. The van der Waals surface area contributed by atoms with Gasteiger partial charge in [0.2, 0.25) is 5.95 Å². The highest BCUT2D eigenvalue weighted by Gasteiger charge is 2.30. The molecule has 2 aromatic heterocycles. The predicted molar refractivity (Wildman–Crippen MR) is 161 cm³/mol. The van der Waals surface area contributed by atoms with Crippen molar-refractivity contribution in [3.63, 3.8) is 0 Å². The lowest BCUT2D eigenvalue weighted by Crippen LogP contribution is -2.45. The van der Waals surface area contributed by atoms with Crippen LogP contribution in [-0.2, 0) is 9.47 Å². The van der Waals surface area contributed by atoms with E-state index in [1.54, 1.807) is 0 Å². The third-order valence-corrected chi connectivity index (χ3v) is 8.33. The van der Waals surface area contributed by atoms with Gasteiger partial charge in [0, 0.05) is 55.6 Å². The molecule has 0 bridgehead atoms. The van der Waals surface area contributed by atoms with Gasteiger partial charge in [-0.1, -0.05) is 24.8 Å². The Kier molecular flexibility index (Phi) is 6.89. The lowest BCUT2D eigenvalue weighted by molar-refractivity contribution is 0.00315. The molecule has 0 spiro atoms. The van der Waals surface area contributed by atoms with Gasteiger partial charge in [-0.05, 0) is 41.5 Å².